The Hall–Kier alpha value is -2.78. The van der Waals surface area contributed by atoms with Crippen molar-refractivity contribution < 1.29 is 13.2 Å². The summed E-state index contributed by atoms with van der Waals surface area (Å²) in [6.07, 6.45) is 4.75. The van der Waals surface area contributed by atoms with E-state index in [0.29, 0.717) is 43.1 Å². The van der Waals surface area contributed by atoms with Crippen LogP contribution < -0.4 is 5.32 Å². The number of rotatable bonds is 8. The van der Waals surface area contributed by atoms with Gasteiger partial charge in [0.25, 0.3) is 0 Å². The Bertz CT molecular complexity index is 1380. The number of carbonyl (C=O) groups excluding carboxylic acids is 1. The topological polar surface area (TPSA) is 82.6 Å². The van der Waals surface area contributed by atoms with Gasteiger partial charge in [0.1, 0.15) is 0 Å². The summed E-state index contributed by atoms with van der Waals surface area (Å²) >= 11 is 6.30. The second-order valence-corrected chi connectivity index (χ2v) is 11.7. The molecule has 1 aromatic heterocycles. The quantitative estimate of drug-likeness (QED) is 0.452. The predicted octanol–water partition coefficient (Wildman–Crippen LogP) is 4.59. The van der Waals surface area contributed by atoms with Crippen LogP contribution in [-0.2, 0) is 14.8 Å². The Morgan fingerprint density at radius 1 is 1.14 bits per heavy atom. The van der Waals surface area contributed by atoms with Gasteiger partial charge < -0.3 is 10.2 Å². The van der Waals surface area contributed by atoms with E-state index in [4.69, 9.17) is 11.6 Å². The zero-order chi connectivity index (χ0) is 26.6. The average Bonchev–Trinajstić information content (AvgIpc) is 2.90. The fourth-order valence-electron chi connectivity index (χ4n) is 4.88. The van der Waals surface area contributed by atoms with E-state index in [2.05, 4.69) is 21.3 Å². The number of aromatic nitrogens is 1. The van der Waals surface area contributed by atoms with Crippen LogP contribution in [0.15, 0.2) is 65.8 Å². The van der Waals surface area contributed by atoms with Crippen molar-refractivity contribution in [1.82, 2.24) is 19.5 Å². The molecule has 1 saturated heterocycles. The number of benzene rings is 2. The van der Waals surface area contributed by atoms with Crippen LogP contribution in [0.5, 0.6) is 0 Å². The first-order chi connectivity index (χ1) is 17.7. The number of aryl methyl sites for hydroxylation is 1. The zero-order valence-electron chi connectivity index (χ0n) is 21.4. The fraction of sp³-hybridized carbons (Fsp3) is 0.357. The molecule has 1 fully saturated rings. The number of piperazine rings is 1. The van der Waals surface area contributed by atoms with E-state index in [0.717, 1.165) is 28.8 Å². The molecule has 3 aromatic rings. The van der Waals surface area contributed by atoms with E-state index >= 15 is 0 Å². The van der Waals surface area contributed by atoms with Crippen LogP contribution in [0.3, 0.4) is 0 Å². The van der Waals surface area contributed by atoms with Crippen molar-refractivity contribution >= 4 is 27.5 Å². The molecule has 2 aromatic carbocycles. The van der Waals surface area contributed by atoms with Gasteiger partial charge in [-0.3, -0.25) is 9.78 Å². The SMILES string of the molecule is CNC(=O)CCCN1CCN(S(=O)(=O)c2cccc(Cl)c2C)C(c2cccc(-c3ccncc3C)c2)C1. The molecule has 1 atom stereocenters. The number of halogens is 1. The molecule has 0 saturated carbocycles. The second-order valence-electron chi connectivity index (χ2n) is 9.39. The zero-order valence-corrected chi connectivity index (χ0v) is 23.0. The number of sulfonamides is 1. The smallest absolute Gasteiger partial charge is 0.244 e. The Morgan fingerprint density at radius 2 is 1.92 bits per heavy atom. The molecule has 1 aliphatic heterocycles. The number of hydrogen-bond acceptors (Lipinski definition) is 5. The van der Waals surface area contributed by atoms with Gasteiger partial charge in [-0.25, -0.2) is 8.42 Å². The molecule has 7 nitrogen and oxygen atoms in total. The molecular formula is C28H33ClN4O3S. The lowest BCUT2D eigenvalue weighted by atomic mass is 9.97. The third-order valence-electron chi connectivity index (χ3n) is 6.98. The molecule has 0 radical (unpaired) electrons. The van der Waals surface area contributed by atoms with E-state index in [9.17, 15) is 13.2 Å². The lowest BCUT2D eigenvalue weighted by Gasteiger charge is -2.41. The summed E-state index contributed by atoms with van der Waals surface area (Å²) in [6, 6.07) is 14.7. The van der Waals surface area contributed by atoms with Gasteiger partial charge in [0.2, 0.25) is 15.9 Å². The number of pyridine rings is 1. The number of hydrogen-bond donors (Lipinski definition) is 1. The number of amides is 1. The molecule has 1 unspecified atom stereocenters. The maximum atomic E-state index is 14.0. The minimum Gasteiger partial charge on any atom is -0.359 e. The van der Waals surface area contributed by atoms with Crippen LogP contribution in [0.25, 0.3) is 11.1 Å². The van der Waals surface area contributed by atoms with Crippen molar-refractivity contribution in [3.63, 3.8) is 0 Å². The molecule has 1 N–H and O–H groups in total. The normalized spacial score (nSPS) is 17.0. The highest BCUT2D eigenvalue weighted by atomic mass is 35.5. The van der Waals surface area contributed by atoms with E-state index in [1.165, 1.54) is 0 Å². The van der Waals surface area contributed by atoms with E-state index in [-0.39, 0.29) is 16.8 Å². The van der Waals surface area contributed by atoms with Gasteiger partial charge in [0.15, 0.2) is 0 Å². The monoisotopic (exact) mass is 540 g/mol. The van der Waals surface area contributed by atoms with Gasteiger partial charge in [0, 0.05) is 50.5 Å². The third-order valence-corrected chi connectivity index (χ3v) is 9.44. The summed E-state index contributed by atoms with van der Waals surface area (Å²) < 4.78 is 29.6. The van der Waals surface area contributed by atoms with Crippen molar-refractivity contribution in [1.29, 1.82) is 0 Å². The molecular weight excluding hydrogens is 508 g/mol. The molecule has 1 amide bonds. The highest BCUT2D eigenvalue weighted by Gasteiger charge is 2.38. The summed E-state index contributed by atoms with van der Waals surface area (Å²) in [4.78, 5) is 18.4. The Balaban J connectivity index is 1.70. The van der Waals surface area contributed by atoms with Crippen molar-refractivity contribution in [2.45, 2.75) is 37.6 Å². The van der Waals surface area contributed by atoms with E-state index in [1.807, 2.05) is 37.4 Å². The lowest BCUT2D eigenvalue weighted by molar-refractivity contribution is -0.120. The van der Waals surface area contributed by atoms with Crippen LogP contribution >= 0.6 is 11.6 Å². The van der Waals surface area contributed by atoms with Gasteiger partial charge in [-0.15, -0.1) is 0 Å². The lowest BCUT2D eigenvalue weighted by Crippen LogP contribution is -2.50. The van der Waals surface area contributed by atoms with Gasteiger partial charge in [-0.05, 0) is 78.9 Å². The summed E-state index contributed by atoms with van der Waals surface area (Å²) in [5.41, 5.74) is 4.61. The Kier molecular flexibility index (Phi) is 8.64. The molecule has 0 aliphatic carbocycles. The van der Waals surface area contributed by atoms with Crippen LogP contribution in [-0.4, -0.2) is 61.7 Å². The minimum atomic E-state index is -3.81. The van der Waals surface area contributed by atoms with Crippen molar-refractivity contribution in [2.75, 3.05) is 33.2 Å². The highest BCUT2D eigenvalue weighted by molar-refractivity contribution is 7.89. The average molecular weight is 541 g/mol. The van der Waals surface area contributed by atoms with Gasteiger partial charge in [-0.1, -0.05) is 35.9 Å². The van der Waals surface area contributed by atoms with Gasteiger partial charge in [0.05, 0.1) is 10.9 Å². The molecule has 1 aliphatic rings. The van der Waals surface area contributed by atoms with Crippen molar-refractivity contribution in [3.05, 3.63) is 82.6 Å². The van der Waals surface area contributed by atoms with Crippen LogP contribution in [0.1, 0.15) is 35.6 Å². The first kappa shape index (κ1) is 27.3. The number of nitrogens with one attached hydrogen (secondary N) is 1. The first-order valence-electron chi connectivity index (χ1n) is 12.4. The van der Waals surface area contributed by atoms with Crippen LogP contribution in [0.2, 0.25) is 5.02 Å². The largest absolute Gasteiger partial charge is 0.359 e. The van der Waals surface area contributed by atoms with E-state index in [1.54, 1.807) is 42.7 Å². The van der Waals surface area contributed by atoms with Crippen molar-refractivity contribution in [3.8, 4) is 11.1 Å². The van der Waals surface area contributed by atoms with Gasteiger partial charge in [-0.2, -0.15) is 4.31 Å². The number of nitrogens with zero attached hydrogens (tertiary/aromatic N) is 3. The molecule has 0 bridgehead atoms. The van der Waals surface area contributed by atoms with Crippen molar-refractivity contribution in [2.24, 2.45) is 0 Å². The molecule has 0 spiro atoms. The molecule has 4 rings (SSSR count). The highest BCUT2D eigenvalue weighted by Crippen LogP contribution is 2.35. The molecule has 196 valence electrons. The first-order valence-corrected chi connectivity index (χ1v) is 14.2. The summed E-state index contributed by atoms with van der Waals surface area (Å²) in [5, 5.41) is 3.09. The summed E-state index contributed by atoms with van der Waals surface area (Å²) in [7, 11) is -2.18. The van der Waals surface area contributed by atoms with Crippen LogP contribution in [0.4, 0.5) is 0 Å². The maximum Gasteiger partial charge on any atom is 0.244 e. The second kappa shape index (κ2) is 11.7. The maximum absolute atomic E-state index is 14.0. The Labute approximate surface area is 224 Å². The molecule has 2 heterocycles. The standard InChI is InChI=1S/C28H33ClN4O3S/c1-20-18-31-13-12-24(20)22-7-4-8-23(17-22)26-19-32(14-6-11-28(34)30-3)15-16-33(26)37(35,36)27-10-5-9-25(29)21(27)2/h4-5,7-10,12-13,17-18,26H,6,11,14-16,19H2,1-3H3,(H,30,34). The summed E-state index contributed by atoms with van der Waals surface area (Å²) in [5.74, 6) is 0.00890. The Morgan fingerprint density at radius 3 is 2.68 bits per heavy atom. The number of carbonyl (C=O) groups is 1. The predicted molar refractivity (Wildman–Crippen MR) is 147 cm³/mol. The van der Waals surface area contributed by atoms with Gasteiger partial charge >= 0.3 is 0 Å². The minimum absolute atomic E-state index is 0.00890. The fourth-order valence-corrected chi connectivity index (χ4v) is 6.95. The summed E-state index contributed by atoms with van der Waals surface area (Å²) in [6.45, 7) is 5.95. The molecule has 37 heavy (non-hydrogen) atoms. The van der Waals surface area contributed by atoms with E-state index < -0.39 is 10.0 Å². The van der Waals surface area contributed by atoms with Crippen LogP contribution in [0, 0.1) is 13.8 Å². The molecule has 9 heteroatoms. The third kappa shape index (κ3) is 6.04.